The molecule has 0 fully saturated rings. The molecule has 0 aliphatic heterocycles. The topological polar surface area (TPSA) is 125 Å². The Bertz CT molecular complexity index is 843. The highest BCUT2D eigenvalue weighted by molar-refractivity contribution is 7.52. The quantitative estimate of drug-likeness (QED) is 0.253. The monoisotopic (exact) mass is 438 g/mol. The normalized spacial score (nSPS) is 13.5. The molecule has 10 nitrogen and oxygen atoms in total. The van der Waals surface area contributed by atoms with Crippen molar-refractivity contribution in [1.82, 2.24) is 15.0 Å². The Kier molecular flexibility index (Phi) is 10.5. The summed E-state index contributed by atoms with van der Waals surface area (Å²) < 4.78 is 28.3. The first-order valence-electron chi connectivity index (χ1n) is 9.56. The minimum absolute atomic E-state index is 0.0570. The number of hydrogen-bond acceptors (Lipinski definition) is 8. The molecule has 1 atom stereocenters. The number of ketones is 1. The van der Waals surface area contributed by atoms with E-state index in [-0.39, 0.29) is 51.5 Å². The maximum atomic E-state index is 12.0. The summed E-state index contributed by atoms with van der Waals surface area (Å²) in [7, 11) is -3.55. The minimum Gasteiger partial charge on any atom is -0.378 e. The van der Waals surface area contributed by atoms with Crippen LogP contribution in [0.25, 0.3) is 0 Å². The lowest BCUT2D eigenvalue weighted by Gasteiger charge is -2.10. The van der Waals surface area contributed by atoms with Gasteiger partial charge in [-0.25, -0.2) is 4.68 Å². The highest BCUT2D eigenvalue weighted by atomic mass is 31.2. The van der Waals surface area contributed by atoms with E-state index in [4.69, 9.17) is 14.0 Å². The van der Waals surface area contributed by atoms with Crippen LogP contribution >= 0.6 is 7.60 Å². The Morgan fingerprint density at radius 2 is 2.00 bits per heavy atom. The van der Waals surface area contributed by atoms with Gasteiger partial charge in [-0.2, -0.15) is 0 Å². The molecule has 30 heavy (non-hydrogen) atoms. The first-order chi connectivity index (χ1) is 14.5. The number of carbonyl (C=O) groups is 1. The average molecular weight is 438 g/mol. The fraction of sp³-hybridized carbons (Fsp3) is 0.474. The zero-order chi connectivity index (χ0) is 21.7. The van der Waals surface area contributed by atoms with Crippen molar-refractivity contribution in [2.24, 2.45) is 4.99 Å². The van der Waals surface area contributed by atoms with E-state index in [2.05, 4.69) is 15.3 Å². The van der Waals surface area contributed by atoms with E-state index in [1.807, 2.05) is 30.3 Å². The maximum absolute atomic E-state index is 12.0. The smallest absolute Gasteiger partial charge is 0.330 e. The zero-order valence-electron chi connectivity index (χ0n) is 16.9. The molecule has 1 N–H and O–H groups in total. The summed E-state index contributed by atoms with van der Waals surface area (Å²) in [5.41, 5.74) is 1.53. The van der Waals surface area contributed by atoms with Crippen molar-refractivity contribution in [3.63, 3.8) is 0 Å². The number of nitrogens with zero attached hydrogens (tertiary/aromatic N) is 4. The van der Waals surface area contributed by atoms with Gasteiger partial charge in [0.25, 0.3) is 0 Å². The van der Waals surface area contributed by atoms with E-state index in [1.165, 1.54) is 4.68 Å². The van der Waals surface area contributed by atoms with E-state index in [9.17, 15) is 14.3 Å². The second-order valence-electron chi connectivity index (χ2n) is 6.27. The molecule has 0 saturated heterocycles. The number of Topliss-reactive ketones (excluding diaryl/α,β-unsaturated/α-hetero) is 1. The van der Waals surface area contributed by atoms with Crippen molar-refractivity contribution in [2.75, 3.05) is 39.1 Å². The van der Waals surface area contributed by atoms with Crippen LogP contribution < -0.4 is 0 Å². The lowest BCUT2D eigenvalue weighted by atomic mass is 10.2. The summed E-state index contributed by atoms with van der Waals surface area (Å²) in [5, 5.41) is 7.86. The largest absolute Gasteiger partial charge is 0.378 e. The summed E-state index contributed by atoms with van der Waals surface area (Å²) in [6, 6.07) is 9.55. The molecule has 0 aliphatic carbocycles. The van der Waals surface area contributed by atoms with Crippen LogP contribution in [-0.4, -0.2) is 71.0 Å². The van der Waals surface area contributed by atoms with E-state index in [0.717, 1.165) is 5.56 Å². The maximum Gasteiger partial charge on any atom is 0.330 e. The Morgan fingerprint density at radius 3 is 2.77 bits per heavy atom. The summed E-state index contributed by atoms with van der Waals surface area (Å²) in [5.74, 6) is -0.0822. The van der Waals surface area contributed by atoms with Gasteiger partial charge in [0.2, 0.25) is 0 Å². The van der Waals surface area contributed by atoms with Crippen LogP contribution in [0.1, 0.15) is 18.2 Å². The van der Waals surface area contributed by atoms with Crippen LogP contribution in [0.2, 0.25) is 0 Å². The lowest BCUT2D eigenvalue weighted by Crippen LogP contribution is -2.13. The third-order valence-electron chi connectivity index (χ3n) is 3.70. The van der Waals surface area contributed by atoms with Gasteiger partial charge in [0.15, 0.2) is 5.78 Å². The van der Waals surface area contributed by atoms with E-state index >= 15 is 0 Å². The molecule has 1 heterocycles. The molecular formula is C19H27N4O6P. The number of rotatable bonds is 15. The second kappa shape index (κ2) is 13.1. The molecule has 0 amide bonds. The summed E-state index contributed by atoms with van der Waals surface area (Å²) in [6.45, 7) is 2.91. The molecule has 1 unspecified atom stereocenters. The number of ether oxygens (including phenoxy) is 2. The second-order valence-corrected chi connectivity index (χ2v) is 8.25. The van der Waals surface area contributed by atoms with Crippen LogP contribution in [0.4, 0.5) is 0 Å². The first-order valence-corrected chi connectivity index (χ1v) is 11.3. The van der Waals surface area contributed by atoms with E-state index in [1.54, 1.807) is 19.3 Å². The Morgan fingerprint density at radius 1 is 1.23 bits per heavy atom. The fourth-order valence-corrected chi connectivity index (χ4v) is 3.24. The lowest BCUT2D eigenvalue weighted by molar-refractivity contribution is -0.118. The van der Waals surface area contributed by atoms with E-state index < -0.39 is 7.60 Å². The molecule has 2 rings (SSSR count). The Hall–Kier alpha value is -2.23. The number of aromatic nitrogens is 3. The Labute approximate surface area is 175 Å². The first kappa shape index (κ1) is 24.0. The van der Waals surface area contributed by atoms with Gasteiger partial charge >= 0.3 is 7.60 Å². The van der Waals surface area contributed by atoms with Gasteiger partial charge in [-0.05, 0) is 12.5 Å². The number of hydrogen-bond donors (Lipinski definition) is 1. The average Bonchev–Trinajstić information content (AvgIpc) is 3.15. The molecule has 1 aromatic carbocycles. The molecule has 0 saturated carbocycles. The van der Waals surface area contributed by atoms with E-state index in [0.29, 0.717) is 12.3 Å². The van der Waals surface area contributed by atoms with Gasteiger partial charge in [-0.1, -0.05) is 35.5 Å². The number of aliphatic imine (C=N–C) groups is 1. The van der Waals surface area contributed by atoms with Gasteiger partial charge in [-0.15, -0.1) is 5.10 Å². The third-order valence-corrected chi connectivity index (χ3v) is 5.11. The molecule has 1 aromatic heterocycles. The number of benzene rings is 1. The zero-order valence-corrected chi connectivity index (χ0v) is 17.8. The van der Waals surface area contributed by atoms with Gasteiger partial charge in [0.1, 0.15) is 12.2 Å². The molecule has 0 bridgehead atoms. The van der Waals surface area contributed by atoms with Crippen molar-refractivity contribution in [3.8, 4) is 0 Å². The van der Waals surface area contributed by atoms with Crippen molar-refractivity contribution in [3.05, 3.63) is 47.8 Å². The van der Waals surface area contributed by atoms with Crippen molar-refractivity contribution < 1.29 is 28.3 Å². The predicted molar refractivity (Wildman–Crippen MR) is 111 cm³/mol. The van der Waals surface area contributed by atoms with Crippen molar-refractivity contribution in [1.29, 1.82) is 0 Å². The standard InChI is InChI=1S/C19H27N4O6P/c1-2-29-30(25,26)11-10-27-8-9-28-16-18-14-23(22-21-18)15-19(24)13-20-12-17-6-4-3-5-7-17/h3-7,12,14H,2,8-11,13,15-16H2,1H3,(H,25,26). The van der Waals surface area contributed by atoms with Crippen molar-refractivity contribution in [2.45, 2.75) is 20.1 Å². The molecule has 164 valence electrons. The van der Waals surface area contributed by atoms with Crippen molar-refractivity contribution >= 4 is 19.6 Å². The SMILES string of the molecule is CCOP(=O)(O)CCOCCOCc1cn(CC(=O)CN=Cc2ccccc2)nn1. The summed E-state index contributed by atoms with van der Waals surface area (Å²) in [6.07, 6.45) is 3.25. The van der Waals surface area contributed by atoms with Crippen LogP contribution in [-0.2, 0) is 36.5 Å². The summed E-state index contributed by atoms with van der Waals surface area (Å²) in [4.78, 5) is 25.5. The number of carbonyl (C=O) groups excluding carboxylic acids is 1. The van der Waals surface area contributed by atoms with Gasteiger partial charge < -0.3 is 18.9 Å². The summed E-state index contributed by atoms with van der Waals surface area (Å²) >= 11 is 0. The molecule has 0 radical (unpaired) electrons. The van der Waals surface area contributed by atoms with Gasteiger partial charge in [-0.3, -0.25) is 14.4 Å². The molecule has 0 aliphatic rings. The van der Waals surface area contributed by atoms with Gasteiger partial charge in [0.05, 0.1) is 51.9 Å². The van der Waals surface area contributed by atoms with Gasteiger partial charge in [0, 0.05) is 6.21 Å². The van der Waals surface area contributed by atoms with Crippen LogP contribution in [0.5, 0.6) is 0 Å². The molecule has 0 spiro atoms. The molecule has 2 aromatic rings. The van der Waals surface area contributed by atoms with Crippen LogP contribution in [0.3, 0.4) is 0 Å². The molecular weight excluding hydrogens is 411 g/mol. The minimum atomic E-state index is -3.55. The third kappa shape index (κ3) is 10.00. The van der Waals surface area contributed by atoms with Crippen LogP contribution in [0, 0.1) is 0 Å². The fourth-order valence-electron chi connectivity index (χ4n) is 2.35. The molecule has 11 heteroatoms. The van der Waals surface area contributed by atoms with Crippen LogP contribution in [0.15, 0.2) is 41.5 Å². The predicted octanol–water partition coefficient (Wildman–Crippen LogP) is 1.72. The Balaban J connectivity index is 1.58. The highest BCUT2D eigenvalue weighted by Crippen LogP contribution is 2.40. The highest BCUT2D eigenvalue weighted by Gasteiger charge is 2.17.